The first-order chi connectivity index (χ1) is 10.2. The molecule has 108 valence electrons. The van der Waals surface area contributed by atoms with Crippen molar-refractivity contribution in [1.82, 2.24) is 19.8 Å². The number of fused-ring (bicyclic) bond motifs is 1. The zero-order valence-electron chi connectivity index (χ0n) is 12.2. The molecule has 0 aliphatic heterocycles. The van der Waals surface area contributed by atoms with Crippen LogP contribution in [0.3, 0.4) is 0 Å². The van der Waals surface area contributed by atoms with Crippen molar-refractivity contribution in [3.8, 4) is 0 Å². The van der Waals surface area contributed by atoms with Crippen molar-refractivity contribution in [2.24, 2.45) is 0 Å². The average molecular weight is 299 g/mol. The van der Waals surface area contributed by atoms with E-state index in [9.17, 15) is 0 Å². The summed E-state index contributed by atoms with van der Waals surface area (Å²) >= 11 is 1.83. The highest BCUT2D eigenvalue weighted by atomic mass is 32.1. The number of hydrogen-bond acceptors (Lipinski definition) is 5. The molecule has 6 heteroatoms. The van der Waals surface area contributed by atoms with Crippen LogP contribution in [0, 0.1) is 6.92 Å². The molecule has 3 heterocycles. The standard InChI is InChI=1S/C15H17N5S/c1-10-3-6-12(21-10)9-19(2)14-8-7-13-16-17-15(11-4-5-11)20(13)18-14/h3,6-8,11H,4-5,9H2,1-2H3. The van der Waals surface area contributed by atoms with Crippen LogP contribution < -0.4 is 4.90 Å². The maximum absolute atomic E-state index is 4.72. The minimum atomic E-state index is 0.549. The van der Waals surface area contributed by atoms with Gasteiger partial charge in [-0.05, 0) is 44.0 Å². The molecule has 5 nitrogen and oxygen atoms in total. The third-order valence-electron chi connectivity index (χ3n) is 3.80. The van der Waals surface area contributed by atoms with Gasteiger partial charge in [-0.3, -0.25) is 0 Å². The number of aryl methyl sites for hydroxylation is 1. The van der Waals surface area contributed by atoms with Crippen LogP contribution in [-0.4, -0.2) is 26.9 Å². The molecule has 0 aromatic carbocycles. The van der Waals surface area contributed by atoms with Crippen molar-refractivity contribution < 1.29 is 0 Å². The van der Waals surface area contributed by atoms with E-state index in [4.69, 9.17) is 5.10 Å². The Morgan fingerprint density at radius 1 is 1.24 bits per heavy atom. The predicted molar refractivity (Wildman–Crippen MR) is 83.9 cm³/mol. The average Bonchev–Trinajstić information content (AvgIpc) is 3.11. The fourth-order valence-corrected chi connectivity index (χ4v) is 3.42. The maximum Gasteiger partial charge on any atom is 0.178 e. The van der Waals surface area contributed by atoms with Gasteiger partial charge in [0.1, 0.15) is 5.82 Å². The first-order valence-corrected chi connectivity index (χ1v) is 8.01. The molecule has 3 aromatic heterocycles. The van der Waals surface area contributed by atoms with Crippen molar-refractivity contribution >= 4 is 22.8 Å². The molecule has 21 heavy (non-hydrogen) atoms. The summed E-state index contributed by atoms with van der Waals surface area (Å²) in [5.41, 5.74) is 0.834. The smallest absolute Gasteiger partial charge is 0.178 e. The maximum atomic E-state index is 4.72. The lowest BCUT2D eigenvalue weighted by Gasteiger charge is -2.17. The van der Waals surface area contributed by atoms with Crippen LogP contribution in [0.25, 0.3) is 5.65 Å². The number of aromatic nitrogens is 4. The third kappa shape index (κ3) is 2.40. The zero-order valence-corrected chi connectivity index (χ0v) is 13.0. The highest BCUT2D eigenvalue weighted by Gasteiger charge is 2.29. The summed E-state index contributed by atoms with van der Waals surface area (Å²) in [4.78, 5) is 4.86. The summed E-state index contributed by atoms with van der Waals surface area (Å²) in [6, 6.07) is 8.36. The second-order valence-corrected chi connectivity index (χ2v) is 7.03. The summed E-state index contributed by atoms with van der Waals surface area (Å²) in [7, 11) is 2.07. The summed E-state index contributed by atoms with van der Waals surface area (Å²) in [6.45, 7) is 3.01. The molecule has 0 atom stereocenters. The van der Waals surface area contributed by atoms with E-state index in [1.165, 1.54) is 22.6 Å². The molecule has 0 bridgehead atoms. The van der Waals surface area contributed by atoms with Crippen LogP contribution in [0.5, 0.6) is 0 Å². The van der Waals surface area contributed by atoms with Gasteiger partial charge in [0.2, 0.25) is 0 Å². The van der Waals surface area contributed by atoms with Gasteiger partial charge in [0.25, 0.3) is 0 Å². The molecular formula is C15H17N5S. The van der Waals surface area contributed by atoms with Crippen molar-refractivity contribution in [2.45, 2.75) is 32.2 Å². The Morgan fingerprint density at radius 2 is 2.10 bits per heavy atom. The Hall–Kier alpha value is -1.95. The van der Waals surface area contributed by atoms with Gasteiger partial charge in [0, 0.05) is 22.7 Å². The van der Waals surface area contributed by atoms with Gasteiger partial charge in [-0.25, -0.2) is 0 Å². The van der Waals surface area contributed by atoms with Crippen LogP contribution in [-0.2, 0) is 6.54 Å². The lowest BCUT2D eigenvalue weighted by atomic mass is 10.4. The van der Waals surface area contributed by atoms with Crippen molar-refractivity contribution in [1.29, 1.82) is 0 Å². The fourth-order valence-electron chi connectivity index (χ4n) is 2.48. The Kier molecular flexibility index (Phi) is 2.92. The second-order valence-electron chi connectivity index (χ2n) is 5.66. The van der Waals surface area contributed by atoms with Crippen LogP contribution >= 0.6 is 11.3 Å². The van der Waals surface area contributed by atoms with Gasteiger partial charge in [0.15, 0.2) is 11.5 Å². The van der Waals surface area contributed by atoms with Crippen molar-refractivity contribution in [3.63, 3.8) is 0 Å². The zero-order chi connectivity index (χ0) is 14.4. The molecule has 4 rings (SSSR count). The first-order valence-electron chi connectivity index (χ1n) is 7.19. The molecule has 1 saturated carbocycles. The van der Waals surface area contributed by atoms with Crippen LogP contribution in [0.2, 0.25) is 0 Å². The Balaban J connectivity index is 1.64. The lowest BCUT2D eigenvalue weighted by molar-refractivity contribution is 0.790. The minimum absolute atomic E-state index is 0.549. The van der Waals surface area contributed by atoms with E-state index in [-0.39, 0.29) is 0 Å². The molecule has 0 N–H and O–H groups in total. The van der Waals surface area contributed by atoms with Gasteiger partial charge in [-0.15, -0.1) is 26.6 Å². The molecular weight excluding hydrogens is 282 g/mol. The molecule has 0 amide bonds. The van der Waals surface area contributed by atoms with Gasteiger partial charge in [-0.1, -0.05) is 0 Å². The Bertz CT molecular complexity index is 786. The monoisotopic (exact) mass is 299 g/mol. The highest BCUT2D eigenvalue weighted by molar-refractivity contribution is 7.11. The van der Waals surface area contributed by atoms with Gasteiger partial charge < -0.3 is 4.90 Å². The van der Waals surface area contributed by atoms with Gasteiger partial charge in [-0.2, -0.15) is 4.52 Å². The van der Waals surface area contributed by atoms with Crippen molar-refractivity contribution in [2.75, 3.05) is 11.9 Å². The lowest BCUT2D eigenvalue weighted by Crippen LogP contribution is -2.18. The SMILES string of the molecule is Cc1ccc(CN(C)c2ccc3nnc(C4CC4)n3n2)s1. The van der Waals surface area contributed by atoms with E-state index < -0.39 is 0 Å². The van der Waals surface area contributed by atoms with E-state index in [1.807, 2.05) is 28.0 Å². The van der Waals surface area contributed by atoms with Gasteiger partial charge in [0.05, 0.1) is 6.54 Å². The van der Waals surface area contributed by atoms with Crippen LogP contribution in [0.4, 0.5) is 5.82 Å². The molecule has 0 spiro atoms. The first kappa shape index (κ1) is 12.8. The van der Waals surface area contributed by atoms with E-state index >= 15 is 0 Å². The molecule has 3 aromatic rings. The molecule has 1 aliphatic carbocycles. The number of anilines is 1. The minimum Gasteiger partial charge on any atom is -0.353 e. The topological polar surface area (TPSA) is 46.3 Å². The normalized spacial score (nSPS) is 14.8. The van der Waals surface area contributed by atoms with E-state index in [1.54, 1.807) is 0 Å². The quantitative estimate of drug-likeness (QED) is 0.743. The number of rotatable bonds is 4. The van der Waals surface area contributed by atoms with E-state index in [0.717, 1.165) is 23.8 Å². The van der Waals surface area contributed by atoms with Gasteiger partial charge >= 0.3 is 0 Å². The largest absolute Gasteiger partial charge is 0.353 e. The number of nitrogens with zero attached hydrogens (tertiary/aromatic N) is 5. The molecule has 0 radical (unpaired) electrons. The van der Waals surface area contributed by atoms with Crippen molar-refractivity contribution in [3.05, 3.63) is 39.8 Å². The summed E-state index contributed by atoms with van der Waals surface area (Å²) in [5, 5.41) is 13.2. The summed E-state index contributed by atoms with van der Waals surface area (Å²) < 4.78 is 1.91. The molecule has 0 unspecified atom stereocenters. The third-order valence-corrected chi connectivity index (χ3v) is 4.78. The van der Waals surface area contributed by atoms with E-state index in [0.29, 0.717) is 5.92 Å². The number of hydrogen-bond donors (Lipinski definition) is 0. The molecule has 1 fully saturated rings. The predicted octanol–water partition coefficient (Wildman–Crippen LogP) is 3.01. The molecule has 0 saturated heterocycles. The Labute approximate surface area is 127 Å². The summed E-state index contributed by atoms with van der Waals surface area (Å²) in [6.07, 6.45) is 2.41. The molecule has 1 aliphatic rings. The van der Waals surface area contributed by atoms with Crippen LogP contribution in [0.1, 0.15) is 34.3 Å². The summed E-state index contributed by atoms with van der Waals surface area (Å²) in [5.74, 6) is 2.51. The van der Waals surface area contributed by atoms with E-state index in [2.05, 4.69) is 41.2 Å². The highest BCUT2D eigenvalue weighted by Crippen LogP contribution is 2.38. The second kappa shape index (κ2) is 4.80. The Morgan fingerprint density at radius 3 is 2.81 bits per heavy atom. The fraction of sp³-hybridized carbons (Fsp3) is 0.400. The number of thiophene rings is 1. The van der Waals surface area contributed by atoms with Crippen LogP contribution in [0.15, 0.2) is 24.3 Å².